The van der Waals surface area contributed by atoms with Gasteiger partial charge in [-0.3, -0.25) is 4.79 Å². The predicted octanol–water partition coefficient (Wildman–Crippen LogP) is 3.42. The first-order valence-corrected chi connectivity index (χ1v) is 8.22. The molecule has 3 rings (SSSR count). The molecule has 132 valence electrons. The van der Waals surface area contributed by atoms with Crippen molar-refractivity contribution >= 4 is 17.5 Å². The molecule has 1 saturated carbocycles. The molecular weight excluding hydrogens is 350 g/mol. The topological polar surface area (TPSA) is 62.2 Å². The molecule has 0 unspecified atom stereocenters. The molecule has 0 saturated heterocycles. The second-order valence-electron chi connectivity index (χ2n) is 6.55. The molecule has 1 amide bonds. The van der Waals surface area contributed by atoms with E-state index in [2.05, 4.69) is 10.3 Å². The second kappa shape index (κ2) is 6.35. The highest BCUT2D eigenvalue weighted by Crippen LogP contribution is 2.45. The van der Waals surface area contributed by atoms with Gasteiger partial charge in [0.2, 0.25) is 5.91 Å². The first-order valence-electron chi connectivity index (χ1n) is 7.84. The van der Waals surface area contributed by atoms with Gasteiger partial charge in [-0.15, -0.1) is 0 Å². The zero-order chi connectivity index (χ0) is 18.2. The van der Waals surface area contributed by atoms with E-state index >= 15 is 0 Å². The van der Waals surface area contributed by atoms with Gasteiger partial charge in [0.25, 0.3) is 0 Å². The second-order valence-corrected chi connectivity index (χ2v) is 6.94. The lowest BCUT2D eigenvalue weighted by molar-refractivity contribution is -0.127. The van der Waals surface area contributed by atoms with Crippen LogP contribution in [0.3, 0.4) is 0 Å². The minimum absolute atomic E-state index is 0.130. The van der Waals surface area contributed by atoms with Crippen LogP contribution in [-0.4, -0.2) is 16.0 Å². The van der Waals surface area contributed by atoms with Crippen LogP contribution in [0.25, 0.3) is 0 Å². The summed E-state index contributed by atoms with van der Waals surface area (Å²) >= 11 is 5.90. The van der Waals surface area contributed by atoms with E-state index in [0.29, 0.717) is 29.8 Å². The number of halogens is 3. The van der Waals surface area contributed by atoms with Crippen LogP contribution in [-0.2, 0) is 15.9 Å². The Morgan fingerprint density at radius 2 is 2.08 bits per heavy atom. The van der Waals surface area contributed by atoms with Gasteiger partial charge in [0.05, 0.1) is 23.3 Å². The van der Waals surface area contributed by atoms with Crippen LogP contribution in [0, 0.1) is 11.6 Å². The highest BCUT2D eigenvalue weighted by atomic mass is 35.5. The van der Waals surface area contributed by atoms with Crippen LogP contribution in [0.15, 0.2) is 36.4 Å². The fraction of sp³-hybridized carbons (Fsp3) is 0.333. The smallest absolute Gasteiger partial charge is 0.223 e. The van der Waals surface area contributed by atoms with Crippen molar-refractivity contribution in [3.05, 3.63) is 64.4 Å². The molecule has 1 atom stereocenters. The lowest BCUT2D eigenvalue weighted by atomic mass is 9.91. The summed E-state index contributed by atoms with van der Waals surface area (Å²) in [5.41, 5.74) is -1.84. The van der Waals surface area contributed by atoms with Crippen LogP contribution in [0.4, 0.5) is 8.78 Å². The third kappa shape index (κ3) is 3.80. The quantitative estimate of drug-likeness (QED) is 0.797. The summed E-state index contributed by atoms with van der Waals surface area (Å²) in [5.74, 6) is -2.09. The monoisotopic (exact) mass is 366 g/mol. The third-order valence-corrected chi connectivity index (χ3v) is 4.56. The molecule has 7 heteroatoms. The summed E-state index contributed by atoms with van der Waals surface area (Å²) in [5, 5.41) is 13.7. The van der Waals surface area contributed by atoms with E-state index in [0.717, 1.165) is 12.1 Å². The number of benzene rings is 1. The number of aromatic nitrogens is 1. The van der Waals surface area contributed by atoms with E-state index in [9.17, 15) is 18.7 Å². The average Bonchev–Trinajstić information content (AvgIpc) is 3.26. The number of nitrogens with zero attached hydrogens (tertiary/aromatic N) is 1. The number of aliphatic hydroxyl groups is 1. The van der Waals surface area contributed by atoms with Gasteiger partial charge in [0.1, 0.15) is 16.8 Å². The summed E-state index contributed by atoms with van der Waals surface area (Å²) in [6.45, 7) is 1.32. The Kier molecular flexibility index (Phi) is 4.51. The number of rotatable bonds is 5. The molecule has 4 nitrogen and oxygen atoms in total. The maximum Gasteiger partial charge on any atom is 0.223 e. The highest BCUT2D eigenvalue weighted by Gasteiger charge is 2.47. The SMILES string of the molecule is C[C@](O)(CC(=O)NC1(c2cccc(Cl)n2)CC1)c1ccc(F)cc1F. The Morgan fingerprint density at radius 1 is 1.36 bits per heavy atom. The first kappa shape index (κ1) is 17.8. The minimum atomic E-state index is -1.76. The van der Waals surface area contributed by atoms with Gasteiger partial charge in [-0.2, -0.15) is 0 Å². The molecule has 1 aliphatic rings. The first-order chi connectivity index (χ1) is 11.7. The number of carbonyl (C=O) groups is 1. The van der Waals surface area contributed by atoms with Gasteiger partial charge in [-0.05, 0) is 38.0 Å². The van der Waals surface area contributed by atoms with E-state index in [1.54, 1.807) is 18.2 Å². The van der Waals surface area contributed by atoms with Crippen LogP contribution in [0.2, 0.25) is 5.15 Å². The zero-order valence-corrected chi connectivity index (χ0v) is 14.3. The lowest BCUT2D eigenvalue weighted by Gasteiger charge is -2.25. The maximum atomic E-state index is 13.9. The summed E-state index contributed by atoms with van der Waals surface area (Å²) in [6.07, 6.45) is 1.05. The Balaban J connectivity index is 1.74. The normalized spacial score (nSPS) is 17.6. The average molecular weight is 367 g/mol. The van der Waals surface area contributed by atoms with Crippen LogP contribution in [0.1, 0.15) is 37.4 Å². The fourth-order valence-corrected chi connectivity index (χ4v) is 3.05. The van der Waals surface area contributed by atoms with Crippen molar-refractivity contribution < 1.29 is 18.7 Å². The molecule has 2 N–H and O–H groups in total. The summed E-state index contributed by atoms with van der Waals surface area (Å²) in [4.78, 5) is 16.6. The van der Waals surface area contributed by atoms with Crippen LogP contribution >= 0.6 is 11.6 Å². The number of pyridine rings is 1. The van der Waals surface area contributed by atoms with Crippen molar-refractivity contribution in [1.29, 1.82) is 0 Å². The van der Waals surface area contributed by atoms with E-state index in [1.807, 2.05) is 0 Å². The van der Waals surface area contributed by atoms with Gasteiger partial charge in [-0.1, -0.05) is 23.7 Å². The van der Waals surface area contributed by atoms with Crippen LogP contribution in [0.5, 0.6) is 0 Å². The summed E-state index contributed by atoms with van der Waals surface area (Å²) in [7, 11) is 0. The van der Waals surface area contributed by atoms with Crippen molar-refractivity contribution in [3.63, 3.8) is 0 Å². The molecule has 25 heavy (non-hydrogen) atoms. The molecule has 0 bridgehead atoms. The van der Waals surface area contributed by atoms with Crippen molar-refractivity contribution in [2.45, 2.75) is 37.3 Å². The third-order valence-electron chi connectivity index (χ3n) is 4.35. The number of hydrogen-bond donors (Lipinski definition) is 2. The molecule has 1 heterocycles. The molecular formula is C18H17ClF2N2O2. The van der Waals surface area contributed by atoms with Crippen molar-refractivity contribution in [3.8, 4) is 0 Å². The molecule has 1 aliphatic carbocycles. The van der Waals surface area contributed by atoms with E-state index in [-0.39, 0.29) is 12.0 Å². The Morgan fingerprint density at radius 3 is 2.68 bits per heavy atom. The Bertz CT molecular complexity index is 822. The maximum absolute atomic E-state index is 13.9. The van der Waals surface area contributed by atoms with E-state index in [1.165, 1.54) is 6.92 Å². The molecule has 0 radical (unpaired) electrons. The fourth-order valence-electron chi connectivity index (χ4n) is 2.89. The van der Waals surface area contributed by atoms with E-state index in [4.69, 9.17) is 11.6 Å². The van der Waals surface area contributed by atoms with E-state index < -0.39 is 28.7 Å². The van der Waals surface area contributed by atoms with Gasteiger partial charge in [-0.25, -0.2) is 13.8 Å². The standard InChI is InChI=1S/C18H17ClF2N2O2/c1-17(25,12-6-5-11(20)9-13(12)21)10-16(24)23-18(7-8-18)14-3-2-4-15(19)22-14/h2-6,9,25H,7-8,10H2,1H3,(H,23,24)/t17-/m0/s1. The number of hydrogen-bond acceptors (Lipinski definition) is 3. The Hall–Kier alpha value is -2.05. The zero-order valence-electron chi connectivity index (χ0n) is 13.5. The van der Waals surface area contributed by atoms with Gasteiger partial charge in [0, 0.05) is 11.6 Å². The van der Waals surface area contributed by atoms with Gasteiger partial charge in [0.15, 0.2) is 0 Å². The van der Waals surface area contributed by atoms with Gasteiger partial charge >= 0.3 is 0 Å². The molecule has 2 aromatic rings. The largest absolute Gasteiger partial charge is 0.385 e. The van der Waals surface area contributed by atoms with Crippen molar-refractivity contribution in [2.75, 3.05) is 0 Å². The molecule has 1 fully saturated rings. The lowest BCUT2D eigenvalue weighted by Crippen LogP contribution is -2.39. The molecule has 0 spiro atoms. The molecule has 0 aliphatic heterocycles. The number of nitrogens with one attached hydrogen (secondary N) is 1. The highest BCUT2D eigenvalue weighted by molar-refractivity contribution is 6.29. The van der Waals surface area contributed by atoms with Gasteiger partial charge < -0.3 is 10.4 Å². The summed E-state index contributed by atoms with van der Waals surface area (Å²) in [6, 6.07) is 8.04. The predicted molar refractivity (Wildman–Crippen MR) is 88.8 cm³/mol. The molecule has 1 aromatic heterocycles. The van der Waals surface area contributed by atoms with Crippen molar-refractivity contribution in [2.24, 2.45) is 0 Å². The summed E-state index contributed by atoms with van der Waals surface area (Å²) < 4.78 is 26.9. The Labute approximate surface area is 148 Å². The number of amides is 1. The number of carbonyl (C=O) groups excluding carboxylic acids is 1. The van der Waals surface area contributed by atoms with Crippen LogP contribution < -0.4 is 5.32 Å². The molecule has 1 aromatic carbocycles. The van der Waals surface area contributed by atoms with Crippen molar-refractivity contribution in [1.82, 2.24) is 10.3 Å². The minimum Gasteiger partial charge on any atom is -0.385 e.